The molecule has 64 valence electrons. The molecule has 1 unspecified atom stereocenters. The van der Waals surface area contributed by atoms with Gasteiger partial charge in [0.05, 0.1) is 15.7 Å². The Kier molecular flexibility index (Phi) is 2.45. The molecular formula is C6H5O5P. The van der Waals surface area contributed by atoms with Crippen molar-refractivity contribution in [2.75, 3.05) is 0 Å². The number of carbonyl (C=O) groups is 1. The minimum absolute atomic E-state index is 0.324. The molecule has 0 aromatic carbocycles. The van der Waals surface area contributed by atoms with E-state index in [9.17, 15) is 9.59 Å². The molecule has 0 radical (unpaired) electrons. The molecular weight excluding hydrogens is 183 g/mol. The van der Waals surface area contributed by atoms with E-state index in [1.807, 2.05) is 0 Å². The smallest absolute Gasteiger partial charge is 0.375 e. The van der Waals surface area contributed by atoms with Gasteiger partial charge in [-0.25, -0.2) is 4.79 Å². The van der Waals surface area contributed by atoms with E-state index in [-0.39, 0.29) is 5.75 Å². The Hall–Kier alpha value is -1.35. The molecule has 12 heavy (non-hydrogen) atoms. The van der Waals surface area contributed by atoms with E-state index in [1.54, 1.807) is 9.47 Å². The number of hydrogen-bond donors (Lipinski definition) is 1. The van der Waals surface area contributed by atoms with Gasteiger partial charge in [0, 0.05) is 6.07 Å². The third-order valence-electron chi connectivity index (χ3n) is 1.15. The fourth-order valence-corrected chi connectivity index (χ4v) is 0.887. The van der Waals surface area contributed by atoms with Gasteiger partial charge in [-0.15, -0.1) is 0 Å². The number of aromatic carboxylic acids is 1. The molecule has 1 aromatic rings. The minimum atomic E-state index is -1.34. The normalized spacial score (nSPS) is 9.42. The first-order valence-electron chi connectivity index (χ1n) is 2.88. The largest absolute Gasteiger partial charge is 0.475 e. The highest BCUT2D eigenvalue weighted by Gasteiger charge is 2.16. The van der Waals surface area contributed by atoms with E-state index in [0.717, 1.165) is 12.3 Å². The monoisotopic (exact) mass is 188 g/mol. The lowest BCUT2D eigenvalue weighted by Gasteiger charge is -1.99. The quantitative estimate of drug-likeness (QED) is 0.684. The summed E-state index contributed by atoms with van der Waals surface area (Å²) in [6.45, 7) is 0. The fourth-order valence-electron chi connectivity index (χ4n) is 0.664. The van der Waals surface area contributed by atoms with Crippen LogP contribution in [0, 0.1) is 0 Å². The van der Waals surface area contributed by atoms with Crippen molar-refractivity contribution < 1.29 is 18.8 Å². The second-order valence-corrected chi connectivity index (χ2v) is 2.10. The van der Waals surface area contributed by atoms with Crippen molar-refractivity contribution in [1.82, 2.24) is 0 Å². The van der Waals surface area contributed by atoms with Crippen LogP contribution in [0.1, 0.15) is 10.6 Å². The van der Waals surface area contributed by atoms with Crippen LogP contribution in [0.5, 0.6) is 5.75 Å². The first-order chi connectivity index (χ1) is 5.66. The molecule has 0 aliphatic carbocycles. The second-order valence-electron chi connectivity index (χ2n) is 1.87. The number of rotatable bonds is 2. The Morgan fingerprint density at radius 1 is 1.67 bits per heavy atom. The van der Waals surface area contributed by atoms with Crippen LogP contribution in [0.25, 0.3) is 0 Å². The summed E-state index contributed by atoms with van der Waals surface area (Å²) in [7, 11) is 1.78. The van der Waals surface area contributed by atoms with Crippen LogP contribution in [0.3, 0.4) is 0 Å². The lowest BCUT2D eigenvalue weighted by Crippen LogP contribution is -2.08. The van der Waals surface area contributed by atoms with Crippen molar-refractivity contribution in [1.29, 1.82) is 0 Å². The SMILES string of the molecule is O=C(O)c1occc(=O)c1OP. The molecule has 0 fully saturated rings. The summed E-state index contributed by atoms with van der Waals surface area (Å²) >= 11 is 0. The van der Waals surface area contributed by atoms with Gasteiger partial charge in [-0.3, -0.25) is 4.79 Å². The maximum atomic E-state index is 10.9. The summed E-state index contributed by atoms with van der Waals surface area (Å²) in [6, 6.07) is 1.08. The predicted octanol–water partition coefficient (Wildman–Crippen LogP) is 0.507. The van der Waals surface area contributed by atoms with Gasteiger partial charge in [0.15, 0.2) is 0 Å². The van der Waals surface area contributed by atoms with Crippen molar-refractivity contribution in [2.24, 2.45) is 0 Å². The maximum Gasteiger partial charge on any atom is 0.375 e. The predicted molar refractivity (Wildman–Crippen MR) is 42.3 cm³/mol. The summed E-state index contributed by atoms with van der Waals surface area (Å²) in [5.74, 6) is -2.17. The third kappa shape index (κ3) is 1.46. The average molecular weight is 188 g/mol. The lowest BCUT2D eigenvalue weighted by molar-refractivity contribution is 0.0656. The number of hydrogen-bond acceptors (Lipinski definition) is 4. The molecule has 0 saturated heterocycles. The molecule has 1 heterocycles. The zero-order valence-corrected chi connectivity index (χ0v) is 6.97. The van der Waals surface area contributed by atoms with Gasteiger partial charge in [-0.2, -0.15) is 0 Å². The average Bonchev–Trinajstić information content (AvgIpc) is 2.03. The minimum Gasteiger partial charge on any atom is -0.475 e. The van der Waals surface area contributed by atoms with Crippen LogP contribution < -0.4 is 9.95 Å². The summed E-state index contributed by atoms with van der Waals surface area (Å²) < 4.78 is 9.02. The Balaban J connectivity index is 3.38. The summed E-state index contributed by atoms with van der Waals surface area (Å²) in [6.07, 6.45) is 0.999. The molecule has 0 saturated carbocycles. The van der Waals surface area contributed by atoms with Crippen molar-refractivity contribution >= 4 is 15.4 Å². The van der Waals surface area contributed by atoms with Crippen LogP contribution in [0.2, 0.25) is 0 Å². The van der Waals surface area contributed by atoms with E-state index in [4.69, 9.17) is 5.11 Å². The zero-order valence-electron chi connectivity index (χ0n) is 5.81. The van der Waals surface area contributed by atoms with Gasteiger partial charge < -0.3 is 14.0 Å². The summed E-state index contributed by atoms with van der Waals surface area (Å²) in [5.41, 5.74) is -0.534. The standard InChI is InChI=1S/C6H5O5P/c7-3-1-2-10-5(6(8)9)4(3)11-12/h1-2H,12H2,(H,8,9). The molecule has 1 atom stereocenters. The first kappa shape index (κ1) is 8.74. The topological polar surface area (TPSA) is 76.7 Å². The van der Waals surface area contributed by atoms with E-state index in [2.05, 4.69) is 8.94 Å². The van der Waals surface area contributed by atoms with Gasteiger partial charge in [-0.1, -0.05) is 0 Å². The van der Waals surface area contributed by atoms with Crippen LogP contribution in [0.15, 0.2) is 21.5 Å². The van der Waals surface area contributed by atoms with Crippen LogP contribution in [-0.4, -0.2) is 11.1 Å². The Bertz CT molecular complexity index is 355. The van der Waals surface area contributed by atoms with E-state index >= 15 is 0 Å². The highest BCUT2D eigenvalue weighted by atomic mass is 31.0. The molecule has 1 aromatic heterocycles. The van der Waals surface area contributed by atoms with E-state index in [0.29, 0.717) is 0 Å². The Morgan fingerprint density at radius 3 is 2.75 bits per heavy atom. The first-order valence-corrected chi connectivity index (χ1v) is 3.35. The molecule has 1 N–H and O–H groups in total. The molecule has 0 spiro atoms. The molecule has 0 amide bonds. The number of carboxylic acid groups (broad SMARTS) is 1. The van der Waals surface area contributed by atoms with Crippen molar-refractivity contribution in [2.45, 2.75) is 0 Å². The molecule has 5 nitrogen and oxygen atoms in total. The van der Waals surface area contributed by atoms with Gasteiger partial charge in [0.2, 0.25) is 11.2 Å². The summed E-state index contributed by atoms with van der Waals surface area (Å²) in [4.78, 5) is 21.3. The molecule has 0 aliphatic rings. The lowest BCUT2D eigenvalue weighted by atomic mass is 10.3. The molecule has 6 heteroatoms. The van der Waals surface area contributed by atoms with Crippen molar-refractivity contribution in [3.8, 4) is 5.75 Å². The van der Waals surface area contributed by atoms with Gasteiger partial charge >= 0.3 is 5.97 Å². The van der Waals surface area contributed by atoms with Crippen molar-refractivity contribution in [3.05, 3.63) is 28.3 Å². The van der Waals surface area contributed by atoms with Gasteiger partial charge in [0.25, 0.3) is 5.76 Å². The zero-order chi connectivity index (χ0) is 9.14. The summed E-state index contributed by atoms with van der Waals surface area (Å²) in [5, 5.41) is 8.50. The van der Waals surface area contributed by atoms with Gasteiger partial charge in [-0.05, 0) is 0 Å². The second kappa shape index (κ2) is 3.36. The fraction of sp³-hybridized carbons (Fsp3) is 0. The highest BCUT2D eigenvalue weighted by Crippen LogP contribution is 2.14. The van der Waals surface area contributed by atoms with Crippen LogP contribution >= 0.6 is 9.47 Å². The third-order valence-corrected chi connectivity index (χ3v) is 1.38. The molecule has 1 rings (SSSR count). The molecule has 0 bridgehead atoms. The Labute approximate surface area is 69.2 Å². The van der Waals surface area contributed by atoms with Crippen LogP contribution in [0.4, 0.5) is 0 Å². The van der Waals surface area contributed by atoms with Crippen LogP contribution in [-0.2, 0) is 0 Å². The van der Waals surface area contributed by atoms with E-state index < -0.39 is 17.2 Å². The highest BCUT2D eigenvalue weighted by molar-refractivity contribution is 7.10. The molecule has 0 aliphatic heterocycles. The number of carboxylic acids is 1. The van der Waals surface area contributed by atoms with Gasteiger partial charge in [0.1, 0.15) is 0 Å². The van der Waals surface area contributed by atoms with Crippen molar-refractivity contribution in [3.63, 3.8) is 0 Å². The Morgan fingerprint density at radius 2 is 2.33 bits per heavy atom. The maximum absolute atomic E-state index is 10.9. The van der Waals surface area contributed by atoms with E-state index in [1.165, 1.54) is 0 Å².